The van der Waals surface area contributed by atoms with E-state index in [0.717, 1.165) is 27.7 Å². The Bertz CT molecular complexity index is 1780. The van der Waals surface area contributed by atoms with Gasteiger partial charge in [0.25, 0.3) is 5.91 Å². The summed E-state index contributed by atoms with van der Waals surface area (Å²) < 4.78 is 11.5. The van der Waals surface area contributed by atoms with Crippen molar-refractivity contribution in [2.75, 3.05) is 25.4 Å². The fourth-order valence-electron chi connectivity index (χ4n) is 5.32. The maximum Gasteiger partial charge on any atom is 0.416 e. The molecule has 224 valence electrons. The van der Waals surface area contributed by atoms with Gasteiger partial charge in [0.15, 0.2) is 0 Å². The Morgan fingerprint density at radius 3 is 2.61 bits per heavy atom. The lowest BCUT2D eigenvalue weighted by atomic mass is 9.92. The number of hydrogen-bond acceptors (Lipinski definition) is 7. The summed E-state index contributed by atoms with van der Waals surface area (Å²) in [5, 5.41) is 14.6. The summed E-state index contributed by atoms with van der Waals surface area (Å²) in [6, 6.07) is 22.6. The minimum atomic E-state index is -0.923. The number of aromatic amines is 1. The van der Waals surface area contributed by atoms with Crippen LogP contribution in [0, 0.1) is 0 Å². The predicted octanol–water partition coefficient (Wildman–Crippen LogP) is 5.11. The van der Waals surface area contributed by atoms with Crippen molar-refractivity contribution in [2.24, 2.45) is 0 Å². The van der Waals surface area contributed by atoms with Crippen LogP contribution in [0.25, 0.3) is 10.9 Å². The van der Waals surface area contributed by atoms with Gasteiger partial charge in [-0.1, -0.05) is 23.7 Å². The highest BCUT2D eigenvalue weighted by molar-refractivity contribution is 6.30. The molecule has 3 aromatic carbocycles. The van der Waals surface area contributed by atoms with Crippen LogP contribution in [0.3, 0.4) is 0 Å². The van der Waals surface area contributed by atoms with Gasteiger partial charge in [-0.3, -0.25) is 14.7 Å². The number of anilines is 1. The topological polar surface area (TPSA) is 143 Å². The molecule has 0 saturated carbocycles. The number of aromatic nitrogens is 2. The van der Waals surface area contributed by atoms with Crippen LogP contribution in [0.15, 0.2) is 91.3 Å². The molecule has 0 radical (unpaired) electrons. The highest BCUT2D eigenvalue weighted by Gasteiger charge is 2.35. The molecule has 2 amide bonds. The number of ether oxygens (including phenoxy) is 2. The first kappa shape index (κ1) is 29.0. The lowest BCUT2D eigenvalue weighted by Crippen LogP contribution is -2.42. The molecule has 6 rings (SSSR count). The SMILES string of the molecule is Nc1ccc2[nH]c3c(c2c1)CCN(C(=O)Oc1ccc(Cl)cc1)C3c1ccc(OCC(O)CNC(=O)c2cccnc2)cc1. The lowest BCUT2D eigenvalue weighted by Gasteiger charge is -2.35. The van der Waals surface area contributed by atoms with Gasteiger partial charge in [-0.15, -0.1) is 0 Å². The van der Waals surface area contributed by atoms with Gasteiger partial charge in [0.2, 0.25) is 0 Å². The molecule has 10 nitrogen and oxygen atoms in total. The number of aliphatic hydroxyl groups is 1. The Kier molecular flexibility index (Phi) is 8.36. The maximum atomic E-state index is 13.5. The van der Waals surface area contributed by atoms with Gasteiger partial charge in [0.1, 0.15) is 30.3 Å². The predicted molar refractivity (Wildman–Crippen MR) is 167 cm³/mol. The number of nitrogen functional groups attached to an aromatic ring is 1. The average molecular weight is 612 g/mol. The second-order valence-electron chi connectivity index (χ2n) is 10.5. The number of carbonyl (C=O) groups is 2. The van der Waals surface area contributed by atoms with Crippen molar-refractivity contribution in [2.45, 2.75) is 18.6 Å². The molecule has 0 bridgehead atoms. The Morgan fingerprint density at radius 2 is 1.86 bits per heavy atom. The van der Waals surface area contributed by atoms with E-state index in [1.54, 1.807) is 59.6 Å². The zero-order chi connectivity index (χ0) is 30.6. The molecule has 0 saturated heterocycles. The molecule has 2 unspecified atom stereocenters. The summed E-state index contributed by atoms with van der Waals surface area (Å²) in [5.41, 5.74) is 10.9. The minimum Gasteiger partial charge on any atom is -0.491 e. The van der Waals surface area contributed by atoms with Gasteiger partial charge in [-0.2, -0.15) is 0 Å². The molecule has 0 fully saturated rings. The number of fused-ring (bicyclic) bond motifs is 3. The van der Waals surface area contributed by atoms with Gasteiger partial charge in [-0.25, -0.2) is 4.79 Å². The first-order valence-electron chi connectivity index (χ1n) is 14.1. The molecule has 3 heterocycles. The summed E-state index contributed by atoms with van der Waals surface area (Å²) in [5.74, 6) is 0.599. The Hall–Kier alpha value is -5.06. The second-order valence-corrected chi connectivity index (χ2v) is 10.9. The maximum absolute atomic E-state index is 13.5. The number of amides is 2. The standard InChI is InChI=1S/C33H30ClN5O5/c34-22-5-10-26(11-6-22)44-33(42)39-15-13-27-28-16-23(35)7-12-29(28)38-30(27)31(39)20-3-8-25(9-4-20)43-19-24(40)18-37-32(41)21-2-1-14-36-17-21/h1-12,14,16-17,24,31,38,40H,13,15,18-19,35H2,(H,37,41). The number of nitrogens with zero attached hydrogens (tertiary/aromatic N) is 2. The fourth-order valence-corrected chi connectivity index (χ4v) is 5.44. The first-order chi connectivity index (χ1) is 21.4. The fraction of sp³-hybridized carbons (Fsp3) is 0.182. The van der Waals surface area contributed by atoms with Crippen LogP contribution in [-0.4, -0.2) is 57.8 Å². The van der Waals surface area contributed by atoms with E-state index in [4.69, 9.17) is 26.8 Å². The minimum absolute atomic E-state index is 0.0201. The normalized spacial score (nSPS) is 15.0. The number of benzene rings is 3. The molecule has 1 aliphatic rings. The van der Waals surface area contributed by atoms with Crippen LogP contribution >= 0.6 is 11.6 Å². The van der Waals surface area contributed by atoms with Crippen LogP contribution < -0.4 is 20.5 Å². The van der Waals surface area contributed by atoms with E-state index in [9.17, 15) is 14.7 Å². The van der Waals surface area contributed by atoms with Gasteiger partial charge in [0, 0.05) is 52.8 Å². The van der Waals surface area contributed by atoms with Crippen LogP contribution in [-0.2, 0) is 6.42 Å². The van der Waals surface area contributed by atoms with Crippen LogP contribution in [0.4, 0.5) is 10.5 Å². The number of nitrogens with two attached hydrogens (primary N) is 1. The van der Waals surface area contributed by atoms with Crippen molar-refractivity contribution in [3.05, 3.63) is 119 Å². The smallest absolute Gasteiger partial charge is 0.416 e. The van der Waals surface area contributed by atoms with Crippen molar-refractivity contribution in [3.8, 4) is 11.5 Å². The quantitative estimate of drug-likeness (QED) is 0.178. The summed E-state index contributed by atoms with van der Waals surface area (Å²) in [6.07, 6.45) is 2.25. The Morgan fingerprint density at radius 1 is 1.09 bits per heavy atom. The number of rotatable bonds is 8. The van der Waals surface area contributed by atoms with Crippen LogP contribution in [0.5, 0.6) is 11.5 Å². The van der Waals surface area contributed by atoms with Crippen LogP contribution in [0.1, 0.15) is 33.2 Å². The van der Waals surface area contributed by atoms with E-state index in [-0.39, 0.29) is 19.1 Å². The Labute approximate surface area is 258 Å². The van der Waals surface area contributed by atoms with Gasteiger partial charge < -0.3 is 30.6 Å². The third kappa shape index (κ3) is 6.31. The summed E-state index contributed by atoms with van der Waals surface area (Å²) in [4.78, 5) is 34.9. The number of aliphatic hydroxyl groups excluding tert-OH is 1. The molecule has 1 aliphatic heterocycles. The number of H-pyrrole nitrogens is 1. The van der Waals surface area contributed by atoms with E-state index in [1.165, 1.54) is 6.20 Å². The summed E-state index contributed by atoms with van der Waals surface area (Å²) in [7, 11) is 0. The molecule has 11 heteroatoms. The molecule has 5 aromatic rings. The van der Waals surface area contributed by atoms with E-state index in [2.05, 4.69) is 15.3 Å². The summed E-state index contributed by atoms with van der Waals surface area (Å²) >= 11 is 6.00. The van der Waals surface area contributed by atoms with E-state index >= 15 is 0 Å². The zero-order valence-electron chi connectivity index (χ0n) is 23.6. The molecule has 2 aromatic heterocycles. The van der Waals surface area contributed by atoms with Gasteiger partial charge in [-0.05, 0) is 84.3 Å². The first-order valence-corrected chi connectivity index (χ1v) is 14.5. The largest absolute Gasteiger partial charge is 0.491 e. The number of pyridine rings is 1. The van der Waals surface area contributed by atoms with Crippen molar-refractivity contribution in [1.29, 1.82) is 0 Å². The summed E-state index contributed by atoms with van der Waals surface area (Å²) in [6.45, 7) is 0.427. The van der Waals surface area contributed by atoms with Gasteiger partial charge >= 0.3 is 6.09 Å². The van der Waals surface area contributed by atoms with E-state index in [1.807, 2.05) is 30.3 Å². The average Bonchev–Trinajstić information content (AvgIpc) is 3.41. The molecule has 0 spiro atoms. The third-order valence-electron chi connectivity index (χ3n) is 7.46. The molecule has 5 N–H and O–H groups in total. The second kappa shape index (κ2) is 12.7. The van der Waals surface area contributed by atoms with Gasteiger partial charge in [0.05, 0.1) is 5.56 Å². The number of carbonyl (C=O) groups excluding carboxylic acids is 2. The molecule has 44 heavy (non-hydrogen) atoms. The van der Waals surface area contributed by atoms with E-state index in [0.29, 0.717) is 40.7 Å². The number of hydrogen-bond donors (Lipinski definition) is 4. The highest BCUT2D eigenvalue weighted by Crippen LogP contribution is 2.39. The molecular formula is C33H30ClN5O5. The number of nitrogens with one attached hydrogen (secondary N) is 2. The third-order valence-corrected chi connectivity index (χ3v) is 7.72. The molecule has 0 aliphatic carbocycles. The molecular weight excluding hydrogens is 582 g/mol. The number of halogens is 1. The highest BCUT2D eigenvalue weighted by atomic mass is 35.5. The molecule has 2 atom stereocenters. The van der Waals surface area contributed by atoms with Crippen molar-refractivity contribution < 1.29 is 24.2 Å². The lowest BCUT2D eigenvalue weighted by molar-refractivity contribution is 0.0843. The van der Waals surface area contributed by atoms with Crippen LogP contribution in [0.2, 0.25) is 5.02 Å². The van der Waals surface area contributed by atoms with E-state index < -0.39 is 18.2 Å². The van der Waals surface area contributed by atoms with Crippen molar-refractivity contribution >= 4 is 40.2 Å². The van der Waals surface area contributed by atoms with Crippen molar-refractivity contribution in [1.82, 2.24) is 20.2 Å². The zero-order valence-corrected chi connectivity index (χ0v) is 24.3. The monoisotopic (exact) mass is 611 g/mol. The Balaban J connectivity index is 1.19. The van der Waals surface area contributed by atoms with Crippen molar-refractivity contribution in [3.63, 3.8) is 0 Å².